The van der Waals surface area contributed by atoms with Crippen LogP contribution >= 0.6 is 0 Å². The van der Waals surface area contributed by atoms with Gasteiger partial charge >= 0.3 is 0 Å². The maximum atomic E-state index is 12.3. The van der Waals surface area contributed by atoms with Crippen LogP contribution in [0.4, 0.5) is 5.69 Å². The van der Waals surface area contributed by atoms with Gasteiger partial charge in [0.15, 0.2) is 0 Å². The molecule has 0 aromatic heterocycles. The van der Waals surface area contributed by atoms with Crippen LogP contribution in [0.5, 0.6) is 0 Å². The van der Waals surface area contributed by atoms with E-state index in [2.05, 4.69) is 5.32 Å². The Balaban J connectivity index is 1.89. The number of hydrogen-bond acceptors (Lipinski definition) is 3. The summed E-state index contributed by atoms with van der Waals surface area (Å²) in [4.78, 5) is 25.7. The van der Waals surface area contributed by atoms with E-state index in [0.29, 0.717) is 18.7 Å². The number of benzene rings is 1. The molecule has 3 N–H and O–H groups in total. The van der Waals surface area contributed by atoms with E-state index < -0.39 is 0 Å². The average Bonchev–Trinajstić information content (AvgIpc) is 2.83. The van der Waals surface area contributed by atoms with Crippen LogP contribution in [-0.4, -0.2) is 35.8 Å². The van der Waals surface area contributed by atoms with Gasteiger partial charge in [0.1, 0.15) is 0 Å². The number of likely N-dealkylation sites (tertiary alicyclic amines) is 1. The largest absolute Gasteiger partial charge is 0.399 e. The smallest absolute Gasteiger partial charge is 0.227 e. The third kappa shape index (κ3) is 3.97. The first-order valence-electron chi connectivity index (χ1n) is 7.41. The lowest BCUT2D eigenvalue weighted by Gasteiger charge is -2.23. The Morgan fingerprint density at radius 2 is 2.19 bits per heavy atom. The highest BCUT2D eigenvalue weighted by molar-refractivity contribution is 5.84. The summed E-state index contributed by atoms with van der Waals surface area (Å²) in [5.74, 6) is -0.120. The first-order valence-corrected chi connectivity index (χ1v) is 7.41. The maximum absolute atomic E-state index is 12.3. The molecule has 1 aliphatic rings. The second-order valence-corrected chi connectivity index (χ2v) is 5.74. The monoisotopic (exact) mass is 289 g/mol. The molecule has 1 aromatic carbocycles. The first kappa shape index (κ1) is 15.4. The van der Waals surface area contributed by atoms with Gasteiger partial charge in [-0.05, 0) is 38.0 Å². The number of hydrogen-bond donors (Lipinski definition) is 2. The fourth-order valence-corrected chi connectivity index (χ4v) is 2.62. The molecular weight excluding hydrogens is 266 g/mol. The predicted molar refractivity (Wildman–Crippen MR) is 82.7 cm³/mol. The molecule has 1 heterocycles. The molecule has 1 fully saturated rings. The van der Waals surface area contributed by atoms with Gasteiger partial charge in [-0.1, -0.05) is 12.1 Å². The van der Waals surface area contributed by atoms with Gasteiger partial charge in [0.05, 0.1) is 5.92 Å². The summed E-state index contributed by atoms with van der Waals surface area (Å²) >= 11 is 0. The number of nitrogens with zero attached hydrogens (tertiary/aromatic N) is 1. The van der Waals surface area contributed by atoms with E-state index in [-0.39, 0.29) is 23.8 Å². The second-order valence-electron chi connectivity index (χ2n) is 5.74. The molecule has 0 bridgehead atoms. The molecule has 0 aliphatic carbocycles. The molecule has 5 heteroatoms. The lowest BCUT2D eigenvalue weighted by atomic mass is 9.99. The van der Waals surface area contributed by atoms with E-state index >= 15 is 0 Å². The Labute approximate surface area is 125 Å². The summed E-state index contributed by atoms with van der Waals surface area (Å²) in [5.41, 5.74) is 7.30. The molecule has 21 heavy (non-hydrogen) atoms. The van der Waals surface area contributed by atoms with Crippen molar-refractivity contribution in [1.29, 1.82) is 0 Å². The minimum absolute atomic E-state index is 0.0419. The molecule has 0 radical (unpaired) electrons. The molecule has 2 amide bonds. The fraction of sp³-hybridized carbons (Fsp3) is 0.500. The summed E-state index contributed by atoms with van der Waals surface area (Å²) in [5, 5.41) is 2.97. The van der Waals surface area contributed by atoms with Crippen molar-refractivity contribution in [2.24, 2.45) is 0 Å². The number of amides is 2. The van der Waals surface area contributed by atoms with Crippen LogP contribution in [0.2, 0.25) is 0 Å². The number of anilines is 1. The summed E-state index contributed by atoms with van der Waals surface area (Å²) in [7, 11) is 0. The standard InChI is InChI=1S/C16H23N3O2/c1-11(10-19-8-4-7-15(19)20)18-16(21)12(2)13-5-3-6-14(17)9-13/h3,5-6,9,11-12H,4,7-8,10,17H2,1-2H3,(H,18,21). The van der Waals surface area contributed by atoms with Gasteiger partial charge in [-0.25, -0.2) is 0 Å². The van der Waals surface area contributed by atoms with Gasteiger partial charge in [0.25, 0.3) is 0 Å². The average molecular weight is 289 g/mol. The van der Waals surface area contributed by atoms with Crippen molar-refractivity contribution in [3.05, 3.63) is 29.8 Å². The van der Waals surface area contributed by atoms with Crippen LogP contribution in [0.3, 0.4) is 0 Å². The SMILES string of the molecule is CC(CN1CCCC1=O)NC(=O)C(C)c1cccc(N)c1. The van der Waals surface area contributed by atoms with Crippen molar-refractivity contribution in [1.82, 2.24) is 10.2 Å². The zero-order valence-corrected chi connectivity index (χ0v) is 12.6. The Hall–Kier alpha value is -2.04. The third-order valence-corrected chi connectivity index (χ3v) is 3.86. The van der Waals surface area contributed by atoms with Gasteiger partial charge in [0.2, 0.25) is 11.8 Å². The van der Waals surface area contributed by atoms with Crippen molar-refractivity contribution in [3.8, 4) is 0 Å². The molecule has 1 saturated heterocycles. The molecule has 0 spiro atoms. The van der Waals surface area contributed by atoms with Crippen LogP contribution in [0.15, 0.2) is 24.3 Å². The molecule has 5 nitrogen and oxygen atoms in total. The van der Waals surface area contributed by atoms with Crippen molar-refractivity contribution in [3.63, 3.8) is 0 Å². The first-order chi connectivity index (χ1) is 9.97. The minimum atomic E-state index is -0.259. The lowest BCUT2D eigenvalue weighted by Crippen LogP contribution is -2.43. The second kappa shape index (κ2) is 6.61. The fourth-order valence-electron chi connectivity index (χ4n) is 2.62. The van der Waals surface area contributed by atoms with E-state index in [9.17, 15) is 9.59 Å². The van der Waals surface area contributed by atoms with Gasteiger partial charge < -0.3 is 16.0 Å². The number of carbonyl (C=O) groups is 2. The summed E-state index contributed by atoms with van der Waals surface area (Å²) < 4.78 is 0. The van der Waals surface area contributed by atoms with Crippen LogP contribution < -0.4 is 11.1 Å². The topological polar surface area (TPSA) is 75.4 Å². The number of nitrogen functional groups attached to an aromatic ring is 1. The zero-order chi connectivity index (χ0) is 15.4. The molecular formula is C16H23N3O2. The van der Waals surface area contributed by atoms with E-state index in [0.717, 1.165) is 18.5 Å². The number of nitrogens with two attached hydrogens (primary N) is 1. The molecule has 2 rings (SSSR count). The summed E-state index contributed by atoms with van der Waals surface area (Å²) in [6.45, 7) is 5.16. The number of nitrogens with one attached hydrogen (secondary N) is 1. The van der Waals surface area contributed by atoms with Crippen molar-refractivity contribution in [2.75, 3.05) is 18.8 Å². The highest BCUT2D eigenvalue weighted by Gasteiger charge is 2.23. The van der Waals surface area contributed by atoms with Crippen LogP contribution in [0.25, 0.3) is 0 Å². The van der Waals surface area contributed by atoms with E-state index in [1.54, 1.807) is 6.07 Å². The van der Waals surface area contributed by atoms with Crippen LogP contribution in [0, 0.1) is 0 Å². The quantitative estimate of drug-likeness (QED) is 0.807. The summed E-state index contributed by atoms with van der Waals surface area (Å²) in [6, 6.07) is 7.31. The summed E-state index contributed by atoms with van der Waals surface area (Å²) in [6.07, 6.45) is 1.54. The lowest BCUT2D eigenvalue weighted by molar-refractivity contribution is -0.129. The van der Waals surface area contributed by atoms with Crippen molar-refractivity contribution in [2.45, 2.75) is 38.6 Å². The molecule has 2 unspecified atom stereocenters. The molecule has 1 aromatic rings. The van der Waals surface area contributed by atoms with E-state index in [4.69, 9.17) is 5.73 Å². The molecule has 0 saturated carbocycles. The molecule has 2 atom stereocenters. The Morgan fingerprint density at radius 3 is 2.81 bits per heavy atom. The zero-order valence-electron chi connectivity index (χ0n) is 12.6. The third-order valence-electron chi connectivity index (χ3n) is 3.86. The van der Waals surface area contributed by atoms with Gasteiger partial charge in [-0.2, -0.15) is 0 Å². The number of carbonyl (C=O) groups excluding carboxylic acids is 2. The molecule has 114 valence electrons. The minimum Gasteiger partial charge on any atom is -0.399 e. The molecule has 1 aliphatic heterocycles. The van der Waals surface area contributed by atoms with Crippen molar-refractivity contribution >= 4 is 17.5 Å². The Morgan fingerprint density at radius 1 is 1.43 bits per heavy atom. The Kier molecular flexibility index (Phi) is 4.83. The van der Waals surface area contributed by atoms with E-state index in [1.807, 2.05) is 36.9 Å². The van der Waals surface area contributed by atoms with Gasteiger partial charge in [-0.3, -0.25) is 9.59 Å². The Bertz CT molecular complexity index is 530. The highest BCUT2D eigenvalue weighted by Crippen LogP contribution is 2.18. The number of rotatable bonds is 5. The van der Waals surface area contributed by atoms with Gasteiger partial charge in [0, 0.05) is 31.2 Å². The van der Waals surface area contributed by atoms with E-state index in [1.165, 1.54) is 0 Å². The van der Waals surface area contributed by atoms with Crippen LogP contribution in [-0.2, 0) is 9.59 Å². The highest BCUT2D eigenvalue weighted by atomic mass is 16.2. The normalized spacial score (nSPS) is 17.6. The van der Waals surface area contributed by atoms with Gasteiger partial charge in [-0.15, -0.1) is 0 Å². The van der Waals surface area contributed by atoms with Crippen LogP contribution in [0.1, 0.15) is 38.2 Å². The maximum Gasteiger partial charge on any atom is 0.227 e. The predicted octanol–water partition coefficient (Wildman–Crippen LogP) is 1.50. The van der Waals surface area contributed by atoms with Crippen molar-refractivity contribution < 1.29 is 9.59 Å².